The molecule has 1 unspecified atom stereocenters. The second-order valence-electron chi connectivity index (χ2n) is 6.69. The van der Waals surface area contributed by atoms with Gasteiger partial charge in [-0.05, 0) is 45.4 Å². The minimum absolute atomic E-state index is 0.233. The van der Waals surface area contributed by atoms with E-state index in [9.17, 15) is 0 Å². The Morgan fingerprint density at radius 2 is 1.95 bits per heavy atom. The van der Waals surface area contributed by atoms with Gasteiger partial charge in [0.05, 0.1) is 11.7 Å². The molecule has 1 heterocycles. The molecule has 3 fully saturated rings. The van der Waals surface area contributed by atoms with Crippen LogP contribution in [0.15, 0.2) is 0 Å². The Labute approximate surface area is 117 Å². The number of ether oxygens (including phenoxy) is 2. The maximum Gasteiger partial charge on any atom is 0.0697 e. The fraction of sp³-hybridized carbons (Fsp3) is 1.00. The Hall–Kier alpha value is -0.120. The summed E-state index contributed by atoms with van der Waals surface area (Å²) in [6, 6.07) is 1.37. The quantitative estimate of drug-likeness (QED) is 0.849. The lowest BCUT2D eigenvalue weighted by Crippen LogP contribution is -2.54. The van der Waals surface area contributed by atoms with Crippen LogP contribution in [-0.4, -0.2) is 37.0 Å². The molecule has 110 valence electrons. The van der Waals surface area contributed by atoms with Crippen molar-refractivity contribution < 1.29 is 9.47 Å². The molecule has 2 aliphatic carbocycles. The fourth-order valence-corrected chi connectivity index (χ4v) is 4.12. The summed E-state index contributed by atoms with van der Waals surface area (Å²) < 4.78 is 11.8. The molecule has 1 aliphatic heterocycles. The van der Waals surface area contributed by atoms with E-state index in [0.717, 1.165) is 13.2 Å². The van der Waals surface area contributed by atoms with Crippen molar-refractivity contribution in [3.8, 4) is 0 Å². The molecule has 1 saturated heterocycles. The van der Waals surface area contributed by atoms with Crippen LogP contribution in [0, 0.1) is 0 Å². The van der Waals surface area contributed by atoms with Crippen molar-refractivity contribution in [1.29, 1.82) is 0 Å². The van der Waals surface area contributed by atoms with E-state index in [0.29, 0.717) is 18.2 Å². The molecule has 3 rings (SSSR count). The molecule has 3 aliphatic rings. The van der Waals surface area contributed by atoms with Crippen molar-refractivity contribution in [2.75, 3.05) is 13.2 Å². The number of rotatable bonds is 4. The lowest BCUT2D eigenvalue weighted by Gasteiger charge is -2.46. The molecule has 1 spiro atoms. The summed E-state index contributed by atoms with van der Waals surface area (Å²) in [5, 5.41) is 3.86. The van der Waals surface area contributed by atoms with Crippen molar-refractivity contribution in [1.82, 2.24) is 5.32 Å². The van der Waals surface area contributed by atoms with E-state index in [1.807, 2.05) is 0 Å². The Morgan fingerprint density at radius 1 is 1.16 bits per heavy atom. The topological polar surface area (TPSA) is 30.5 Å². The van der Waals surface area contributed by atoms with Gasteiger partial charge in [-0.2, -0.15) is 0 Å². The number of nitrogens with one attached hydrogen (secondary N) is 1. The molecule has 0 aromatic rings. The summed E-state index contributed by atoms with van der Waals surface area (Å²) in [6.45, 7) is 3.91. The minimum atomic E-state index is 0.233. The summed E-state index contributed by atoms with van der Waals surface area (Å²) in [6.07, 6.45) is 12.1. The zero-order valence-electron chi connectivity index (χ0n) is 12.3. The van der Waals surface area contributed by atoms with Crippen LogP contribution in [0.25, 0.3) is 0 Å². The van der Waals surface area contributed by atoms with Gasteiger partial charge in [-0.15, -0.1) is 0 Å². The van der Waals surface area contributed by atoms with Crippen molar-refractivity contribution in [3.63, 3.8) is 0 Å². The van der Waals surface area contributed by atoms with Gasteiger partial charge in [-0.1, -0.05) is 19.3 Å². The van der Waals surface area contributed by atoms with Crippen molar-refractivity contribution in [2.45, 2.75) is 88.5 Å². The van der Waals surface area contributed by atoms with Crippen LogP contribution in [-0.2, 0) is 9.47 Å². The van der Waals surface area contributed by atoms with Crippen molar-refractivity contribution in [3.05, 3.63) is 0 Å². The van der Waals surface area contributed by atoms with Gasteiger partial charge in [0.15, 0.2) is 0 Å². The third kappa shape index (κ3) is 3.32. The van der Waals surface area contributed by atoms with Crippen LogP contribution in [0.4, 0.5) is 0 Å². The highest BCUT2D eigenvalue weighted by atomic mass is 16.5. The second kappa shape index (κ2) is 6.11. The Morgan fingerprint density at radius 3 is 2.68 bits per heavy atom. The smallest absolute Gasteiger partial charge is 0.0697 e. The first-order valence-corrected chi connectivity index (χ1v) is 8.31. The second-order valence-corrected chi connectivity index (χ2v) is 6.69. The lowest BCUT2D eigenvalue weighted by molar-refractivity contribution is -0.113. The summed E-state index contributed by atoms with van der Waals surface area (Å²) in [5.41, 5.74) is 0.233. The Kier molecular flexibility index (Phi) is 4.45. The van der Waals surface area contributed by atoms with E-state index in [4.69, 9.17) is 9.47 Å². The van der Waals surface area contributed by atoms with Crippen LogP contribution < -0.4 is 5.32 Å². The van der Waals surface area contributed by atoms with Crippen molar-refractivity contribution in [2.24, 2.45) is 0 Å². The number of hydrogen-bond donors (Lipinski definition) is 1. The van der Waals surface area contributed by atoms with Crippen molar-refractivity contribution >= 4 is 0 Å². The van der Waals surface area contributed by atoms with E-state index < -0.39 is 0 Å². The zero-order valence-corrected chi connectivity index (χ0v) is 12.3. The van der Waals surface area contributed by atoms with Gasteiger partial charge in [0, 0.05) is 25.3 Å². The fourth-order valence-electron chi connectivity index (χ4n) is 4.12. The molecule has 3 nitrogen and oxygen atoms in total. The van der Waals surface area contributed by atoms with Crippen LogP contribution in [0.1, 0.15) is 64.7 Å². The molecule has 2 saturated carbocycles. The lowest BCUT2D eigenvalue weighted by atomic mass is 9.77. The average molecular weight is 267 g/mol. The highest BCUT2D eigenvalue weighted by Crippen LogP contribution is 2.39. The molecule has 0 aromatic heterocycles. The van der Waals surface area contributed by atoms with E-state index in [1.165, 1.54) is 57.8 Å². The van der Waals surface area contributed by atoms with E-state index >= 15 is 0 Å². The molecule has 3 heteroatoms. The molecule has 0 aromatic carbocycles. The largest absolute Gasteiger partial charge is 0.378 e. The summed E-state index contributed by atoms with van der Waals surface area (Å²) in [4.78, 5) is 0. The van der Waals surface area contributed by atoms with Crippen LogP contribution in [0.5, 0.6) is 0 Å². The maximum atomic E-state index is 6.16. The van der Waals surface area contributed by atoms with Gasteiger partial charge in [-0.25, -0.2) is 0 Å². The normalized spacial score (nSPS) is 38.1. The standard InChI is InChI=1S/C16H29NO2/c1-2-18-15-10-14(11-15)17-13-6-9-19-16(12-13)7-4-3-5-8-16/h13-15,17H,2-12H2,1H3. The molecule has 0 bridgehead atoms. The van der Waals surface area contributed by atoms with Gasteiger partial charge in [0.25, 0.3) is 0 Å². The minimum Gasteiger partial charge on any atom is -0.378 e. The first-order valence-electron chi connectivity index (χ1n) is 8.31. The van der Waals surface area contributed by atoms with Gasteiger partial charge in [0.1, 0.15) is 0 Å². The molecule has 1 N–H and O–H groups in total. The van der Waals surface area contributed by atoms with Crippen LogP contribution in [0.2, 0.25) is 0 Å². The summed E-state index contributed by atoms with van der Waals surface area (Å²) >= 11 is 0. The molecule has 19 heavy (non-hydrogen) atoms. The molecular formula is C16H29NO2. The molecule has 0 radical (unpaired) electrons. The molecule has 0 amide bonds. The monoisotopic (exact) mass is 267 g/mol. The van der Waals surface area contributed by atoms with Gasteiger partial charge < -0.3 is 14.8 Å². The van der Waals surface area contributed by atoms with Gasteiger partial charge in [0.2, 0.25) is 0 Å². The first-order chi connectivity index (χ1) is 9.30. The Balaban J connectivity index is 1.44. The van der Waals surface area contributed by atoms with Crippen LogP contribution in [0.3, 0.4) is 0 Å². The Bertz CT molecular complexity index is 277. The number of hydrogen-bond acceptors (Lipinski definition) is 3. The highest BCUT2D eigenvalue weighted by molar-refractivity contribution is 4.95. The highest BCUT2D eigenvalue weighted by Gasteiger charge is 2.40. The third-order valence-electron chi connectivity index (χ3n) is 5.23. The summed E-state index contributed by atoms with van der Waals surface area (Å²) in [7, 11) is 0. The molecule has 1 atom stereocenters. The maximum absolute atomic E-state index is 6.16. The predicted octanol–water partition coefficient (Wildman–Crippen LogP) is 3.03. The zero-order chi connectivity index (χ0) is 13.1. The first kappa shape index (κ1) is 13.8. The van der Waals surface area contributed by atoms with Crippen LogP contribution >= 0.6 is 0 Å². The van der Waals surface area contributed by atoms with E-state index in [1.54, 1.807) is 0 Å². The molecular weight excluding hydrogens is 238 g/mol. The predicted molar refractivity (Wildman–Crippen MR) is 76.4 cm³/mol. The SMILES string of the molecule is CCOC1CC(NC2CCOC3(CCCCC3)C2)C1. The average Bonchev–Trinajstić information content (AvgIpc) is 2.37. The summed E-state index contributed by atoms with van der Waals surface area (Å²) in [5.74, 6) is 0. The van der Waals surface area contributed by atoms with E-state index in [-0.39, 0.29) is 5.60 Å². The van der Waals surface area contributed by atoms with Gasteiger partial charge >= 0.3 is 0 Å². The van der Waals surface area contributed by atoms with E-state index in [2.05, 4.69) is 12.2 Å². The third-order valence-corrected chi connectivity index (χ3v) is 5.23. The van der Waals surface area contributed by atoms with Gasteiger partial charge in [-0.3, -0.25) is 0 Å².